The summed E-state index contributed by atoms with van der Waals surface area (Å²) < 4.78 is 12.9. The molecule has 3 nitrogen and oxygen atoms in total. The van der Waals surface area contributed by atoms with Crippen LogP contribution in [-0.4, -0.2) is 49.8 Å². The predicted octanol–water partition coefficient (Wildman–Crippen LogP) is 0.880. The molecule has 0 amide bonds. The van der Waals surface area contributed by atoms with Crippen LogP contribution in [0.15, 0.2) is 24.3 Å². The first-order valence-electron chi connectivity index (χ1n) is 5.86. The second-order valence-corrected chi connectivity index (χ2v) is 4.50. The standard InChI is InChI=1S/C13H21FN2O/c1-16(2)10-13(17)9-15-7-6-11-4-3-5-12(14)8-11/h3-5,8,13,15,17H,6-7,9-10H2,1-2H3. The van der Waals surface area contributed by atoms with E-state index in [9.17, 15) is 9.50 Å². The predicted molar refractivity (Wildman–Crippen MR) is 67.5 cm³/mol. The molecule has 1 aromatic rings. The number of likely N-dealkylation sites (N-methyl/N-ethyl adjacent to an activating group) is 1. The Kier molecular flexibility index (Phi) is 6.11. The summed E-state index contributed by atoms with van der Waals surface area (Å²) in [6.07, 6.45) is 0.407. The summed E-state index contributed by atoms with van der Waals surface area (Å²) in [5, 5.41) is 12.8. The van der Waals surface area contributed by atoms with Crippen molar-refractivity contribution in [2.75, 3.05) is 33.7 Å². The van der Waals surface area contributed by atoms with Crippen molar-refractivity contribution in [3.63, 3.8) is 0 Å². The first-order chi connectivity index (χ1) is 8.08. The highest BCUT2D eigenvalue weighted by atomic mass is 19.1. The minimum absolute atomic E-state index is 0.199. The lowest BCUT2D eigenvalue weighted by atomic mass is 10.1. The molecule has 1 unspecified atom stereocenters. The van der Waals surface area contributed by atoms with E-state index in [0.717, 1.165) is 18.5 Å². The monoisotopic (exact) mass is 240 g/mol. The summed E-state index contributed by atoms with van der Waals surface area (Å²) in [7, 11) is 3.85. The average Bonchev–Trinajstić information content (AvgIpc) is 2.23. The van der Waals surface area contributed by atoms with Gasteiger partial charge in [-0.1, -0.05) is 12.1 Å². The van der Waals surface area contributed by atoms with Gasteiger partial charge in [-0.3, -0.25) is 0 Å². The zero-order valence-corrected chi connectivity index (χ0v) is 10.5. The van der Waals surface area contributed by atoms with Gasteiger partial charge < -0.3 is 15.3 Å². The molecule has 0 spiro atoms. The third-order valence-corrected chi connectivity index (χ3v) is 2.44. The number of halogens is 1. The van der Waals surface area contributed by atoms with Crippen molar-refractivity contribution >= 4 is 0 Å². The molecule has 0 saturated heterocycles. The molecule has 0 aliphatic carbocycles. The molecule has 4 heteroatoms. The number of rotatable bonds is 7. The largest absolute Gasteiger partial charge is 0.390 e. The van der Waals surface area contributed by atoms with E-state index in [1.165, 1.54) is 12.1 Å². The lowest BCUT2D eigenvalue weighted by Crippen LogP contribution is -2.35. The van der Waals surface area contributed by atoms with E-state index >= 15 is 0 Å². The maximum absolute atomic E-state index is 12.9. The molecular weight excluding hydrogens is 219 g/mol. The molecule has 0 fully saturated rings. The van der Waals surface area contributed by atoms with Crippen LogP contribution in [-0.2, 0) is 6.42 Å². The minimum Gasteiger partial charge on any atom is -0.390 e. The molecule has 0 saturated carbocycles. The van der Waals surface area contributed by atoms with Gasteiger partial charge in [0.2, 0.25) is 0 Å². The van der Waals surface area contributed by atoms with Crippen LogP contribution < -0.4 is 5.32 Å². The molecule has 1 rings (SSSR count). The topological polar surface area (TPSA) is 35.5 Å². The highest BCUT2D eigenvalue weighted by Crippen LogP contribution is 2.03. The van der Waals surface area contributed by atoms with Crippen molar-refractivity contribution in [2.24, 2.45) is 0 Å². The van der Waals surface area contributed by atoms with E-state index in [-0.39, 0.29) is 11.9 Å². The molecule has 1 aromatic carbocycles. The summed E-state index contributed by atoms with van der Waals surface area (Å²) >= 11 is 0. The third-order valence-electron chi connectivity index (χ3n) is 2.44. The number of benzene rings is 1. The first-order valence-corrected chi connectivity index (χ1v) is 5.86. The fraction of sp³-hybridized carbons (Fsp3) is 0.538. The Morgan fingerprint density at radius 1 is 1.41 bits per heavy atom. The second kappa shape index (κ2) is 7.37. The van der Waals surface area contributed by atoms with Gasteiger partial charge in [0.25, 0.3) is 0 Å². The Morgan fingerprint density at radius 3 is 2.82 bits per heavy atom. The van der Waals surface area contributed by atoms with Crippen molar-refractivity contribution in [2.45, 2.75) is 12.5 Å². The summed E-state index contributed by atoms with van der Waals surface area (Å²) in [4.78, 5) is 1.94. The Labute approximate surface area is 102 Å². The van der Waals surface area contributed by atoms with Crippen molar-refractivity contribution in [1.29, 1.82) is 0 Å². The van der Waals surface area contributed by atoms with Gasteiger partial charge in [-0.25, -0.2) is 4.39 Å². The Morgan fingerprint density at radius 2 is 2.18 bits per heavy atom. The first kappa shape index (κ1) is 14.1. The zero-order chi connectivity index (χ0) is 12.7. The van der Waals surface area contributed by atoms with Crippen LogP contribution in [0.4, 0.5) is 4.39 Å². The molecule has 2 N–H and O–H groups in total. The molecule has 0 aliphatic rings. The fourth-order valence-corrected chi connectivity index (χ4v) is 1.68. The van der Waals surface area contributed by atoms with Gasteiger partial charge in [0.15, 0.2) is 0 Å². The highest BCUT2D eigenvalue weighted by molar-refractivity contribution is 5.16. The molecular formula is C13H21FN2O. The number of aliphatic hydroxyl groups excluding tert-OH is 1. The minimum atomic E-state index is -0.363. The van der Waals surface area contributed by atoms with Crippen molar-refractivity contribution in [3.8, 4) is 0 Å². The molecule has 0 bridgehead atoms. The number of hydrogen-bond donors (Lipinski definition) is 2. The summed E-state index contributed by atoms with van der Waals surface area (Å²) in [5.74, 6) is -0.199. The van der Waals surface area contributed by atoms with E-state index in [0.29, 0.717) is 13.1 Å². The molecule has 0 heterocycles. The molecule has 0 aliphatic heterocycles. The SMILES string of the molecule is CN(C)CC(O)CNCCc1cccc(F)c1. The van der Waals surface area contributed by atoms with Gasteiger partial charge in [0.05, 0.1) is 6.10 Å². The van der Waals surface area contributed by atoms with Gasteiger partial charge in [-0.05, 0) is 44.8 Å². The third kappa shape index (κ3) is 6.36. The van der Waals surface area contributed by atoms with Gasteiger partial charge in [0.1, 0.15) is 5.82 Å². The van der Waals surface area contributed by atoms with Gasteiger partial charge in [-0.2, -0.15) is 0 Å². The van der Waals surface area contributed by atoms with E-state index in [2.05, 4.69) is 5.32 Å². The van der Waals surface area contributed by atoms with Crippen molar-refractivity contribution in [1.82, 2.24) is 10.2 Å². The van der Waals surface area contributed by atoms with Crippen LogP contribution in [0.2, 0.25) is 0 Å². The van der Waals surface area contributed by atoms with E-state index in [1.54, 1.807) is 6.07 Å². The number of aliphatic hydroxyl groups is 1. The fourth-order valence-electron chi connectivity index (χ4n) is 1.68. The molecule has 17 heavy (non-hydrogen) atoms. The van der Waals surface area contributed by atoms with E-state index < -0.39 is 0 Å². The van der Waals surface area contributed by atoms with E-state index in [1.807, 2.05) is 25.1 Å². The molecule has 0 aromatic heterocycles. The lowest BCUT2D eigenvalue weighted by molar-refractivity contribution is 0.135. The van der Waals surface area contributed by atoms with Gasteiger partial charge >= 0.3 is 0 Å². The Bertz CT molecular complexity index is 331. The lowest BCUT2D eigenvalue weighted by Gasteiger charge is -2.16. The number of hydrogen-bond acceptors (Lipinski definition) is 3. The van der Waals surface area contributed by atoms with Gasteiger partial charge in [0, 0.05) is 13.1 Å². The highest BCUT2D eigenvalue weighted by Gasteiger charge is 2.04. The van der Waals surface area contributed by atoms with Crippen molar-refractivity contribution < 1.29 is 9.50 Å². The number of nitrogens with one attached hydrogen (secondary N) is 1. The van der Waals surface area contributed by atoms with Crippen molar-refractivity contribution in [3.05, 3.63) is 35.6 Å². The van der Waals surface area contributed by atoms with Crippen LogP contribution in [0.3, 0.4) is 0 Å². The Hall–Kier alpha value is -0.970. The normalized spacial score (nSPS) is 13.0. The molecule has 1 atom stereocenters. The molecule has 0 radical (unpaired) electrons. The van der Waals surface area contributed by atoms with E-state index in [4.69, 9.17) is 0 Å². The molecule has 96 valence electrons. The van der Waals surface area contributed by atoms with Crippen LogP contribution in [0.5, 0.6) is 0 Å². The zero-order valence-electron chi connectivity index (χ0n) is 10.5. The quantitative estimate of drug-likeness (QED) is 0.695. The second-order valence-electron chi connectivity index (χ2n) is 4.50. The van der Waals surface area contributed by atoms with Crippen LogP contribution in [0.1, 0.15) is 5.56 Å². The van der Waals surface area contributed by atoms with Crippen LogP contribution in [0.25, 0.3) is 0 Å². The maximum atomic E-state index is 12.9. The summed E-state index contributed by atoms with van der Waals surface area (Å²) in [6, 6.07) is 6.60. The summed E-state index contributed by atoms with van der Waals surface area (Å²) in [5.41, 5.74) is 0.972. The van der Waals surface area contributed by atoms with Gasteiger partial charge in [-0.15, -0.1) is 0 Å². The number of nitrogens with zero attached hydrogens (tertiary/aromatic N) is 1. The van der Waals surface area contributed by atoms with Crippen LogP contribution in [0, 0.1) is 5.82 Å². The average molecular weight is 240 g/mol. The van der Waals surface area contributed by atoms with Crippen LogP contribution >= 0.6 is 0 Å². The Balaban J connectivity index is 2.16. The summed E-state index contributed by atoms with van der Waals surface area (Å²) in [6.45, 7) is 1.95. The maximum Gasteiger partial charge on any atom is 0.123 e. The smallest absolute Gasteiger partial charge is 0.123 e.